The maximum Gasteiger partial charge on any atom is 0.241 e. The lowest BCUT2D eigenvalue weighted by Gasteiger charge is -2.26. The molecule has 1 atom stereocenters. The average molecular weight is 479 g/mol. The van der Waals surface area contributed by atoms with Gasteiger partial charge in [0, 0.05) is 56.0 Å². The van der Waals surface area contributed by atoms with Gasteiger partial charge in [-0.05, 0) is 49.8 Å². The Kier molecular flexibility index (Phi) is 7.63. The zero-order chi connectivity index (χ0) is 24.2. The predicted octanol–water partition coefficient (Wildman–Crippen LogP) is 3.66. The Morgan fingerprint density at radius 1 is 1.14 bits per heavy atom. The van der Waals surface area contributed by atoms with Gasteiger partial charge < -0.3 is 20.5 Å². The van der Waals surface area contributed by atoms with Crippen LogP contribution in [0.4, 0.5) is 5.95 Å². The third-order valence-electron chi connectivity index (χ3n) is 7.30. The van der Waals surface area contributed by atoms with Crippen molar-refractivity contribution in [2.75, 3.05) is 45.3 Å². The van der Waals surface area contributed by atoms with E-state index in [0.717, 1.165) is 64.0 Å². The molecule has 2 fully saturated rings. The van der Waals surface area contributed by atoms with Gasteiger partial charge in [0.1, 0.15) is 0 Å². The molecule has 8 nitrogen and oxygen atoms in total. The highest BCUT2D eigenvalue weighted by molar-refractivity contribution is 5.81. The van der Waals surface area contributed by atoms with Gasteiger partial charge in [-0.15, -0.1) is 5.10 Å². The van der Waals surface area contributed by atoms with E-state index in [-0.39, 0.29) is 6.04 Å². The van der Waals surface area contributed by atoms with Gasteiger partial charge in [-0.2, -0.15) is 0 Å². The van der Waals surface area contributed by atoms with Gasteiger partial charge in [-0.1, -0.05) is 24.3 Å². The highest BCUT2D eigenvalue weighted by atomic mass is 16.5. The van der Waals surface area contributed by atoms with Gasteiger partial charge in [0.15, 0.2) is 0 Å². The first-order valence-electron chi connectivity index (χ1n) is 12.9. The Balaban J connectivity index is 1.45. The van der Waals surface area contributed by atoms with Crippen molar-refractivity contribution in [3.05, 3.63) is 47.8 Å². The van der Waals surface area contributed by atoms with Crippen LogP contribution >= 0.6 is 0 Å². The summed E-state index contributed by atoms with van der Waals surface area (Å²) in [6.45, 7) is 7.28. The van der Waals surface area contributed by atoms with E-state index in [4.69, 9.17) is 20.3 Å². The van der Waals surface area contributed by atoms with E-state index >= 15 is 0 Å². The smallest absolute Gasteiger partial charge is 0.241 e. The second-order valence-electron chi connectivity index (χ2n) is 10.1. The van der Waals surface area contributed by atoms with Crippen LogP contribution in [0.25, 0.3) is 16.6 Å². The van der Waals surface area contributed by atoms with Gasteiger partial charge in [0.2, 0.25) is 5.95 Å². The summed E-state index contributed by atoms with van der Waals surface area (Å²) < 4.78 is 12.9. The largest absolute Gasteiger partial charge is 0.383 e. The van der Waals surface area contributed by atoms with Crippen molar-refractivity contribution in [1.29, 1.82) is 0 Å². The molecule has 1 aliphatic heterocycles. The van der Waals surface area contributed by atoms with Crippen LogP contribution in [0.15, 0.2) is 36.5 Å². The fourth-order valence-electron chi connectivity index (χ4n) is 5.34. The zero-order valence-corrected chi connectivity index (χ0v) is 20.9. The predicted molar refractivity (Wildman–Crippen MR) is 139 cm³/mol. The highest BCUT2D eigenvalue weighted by Crippen LogP contribution is 2.37. The van der Waals surface area contributed by atoms with Crippen LogP contribution < -0.4 is 11.1 Å². The SMILES string of the molecule is COC[C@H](C)Nc1ncc2c(-c3ccc(CN4CCOCC4)cc3)cc(C3CCC(N)CC3)n2n1. The first kappa shape index (κ1) is 24.2. The quantitative estimate of drug-likeness (QED) is 0.511. The number of hydrogen-bond donors (Lipinski definition) is 2. The lowest BCUT2D eigenvalue weighted by Crippen LogP contribution is -2.35. The Labute approximate surface area is 207 Å². The number of hydrogen-bond acceptors (Lipinski definition) is 7. The van der Waals surface area contributed by atoms with E-state index in [1.54, 1.807) is 7.11 Å². The molecule has 0 spiro atoms. The molecule has 2 aromatic heterocycles. The van der Waals surface area contributed by atoms with E-state index in [9.17, 15) is 0 Å². The Morgan fingerprint density at radius 2 is 1.89 bits per heavy atom. The van der Waals surface area contributed by atoms with Crippen molar-refractivity contribution in [1.82, 2.24) is 19.5 Å². The van der Waals surface area contributed by atoms with Crippen LogP contribution in [0.2, 0.25) is 0 Å². The second-order valence-corrected chi connectivity index (χ2v) is 10.1. The number of aromatic nitrogens is 3. The standard InChI is InChI=1S/C27H38N6O2/c1-19(18-34-2)30-27-29-16-26-24(15-25(33(26)31-27)22-7-9-23(28)10-8-22)21-5-3-20(4-6-21)17-32-11-13-35-14-12-32/h3-6,15-16,19,22-23H,7-14,17-18,28H2,1-2H3,(H,30,31)/t19-,22?,23?/m0/s1. The maximum absolute atomic E-state index is 6.21. The van der Waals surface area contributed by atoms with Crippen molar-refractivity contribution in [3.63, 3.8) is 0 Å². The molecule has 1 saturated carbocycles. The van der Waals surface area contributed by atoms with Crippen LogP contribution in [0, 0.1) is 0 Å². The summed E-state index contributed by atoms with van der Waals surface area (Å²) in [5.74, 6) is 1.08. The zero-order valence-electron chi connectivity index (χ0n) is 20.9. The number of nitrogens with zero attached hydrogens (tertiary/aromatic N) is 4. The molecular weight excluding hydrogens is 440 g/mol. The van der Waals surface area contributed by atoms with Gasteiger partial charge in [0.05, 0.1) is 31.5 Å². The second kappa shape index (κ2) is 11.0. The molecule has 3 aromatic rings. The van der Waals surface area contributed by atoms with E-state index in [1.807, 2.05) is 6.20 Å². The molecule has 8 heteroatoms. The maximum atomic E-state index is 6.21. The highest BCUT2D eigenvalue weighted by Gasteiger charge is 2.25. The lowest BCUT2D eigenvalue weighted by molar-refractivity contribution is 0.0342. The number of fused-ring (bicyclic) bond motifs is 1. The summed E-state index contributed by atoms with van der Waals surface area (Å²) in [6, 6.07) is 11.7. The van der Waals surface area contributed by atoms with Gasteiger partial charge >= 0.3 is 0 Å². The molecule has 1 saturated heterocycles. The molecule has 0 unspecified atom stereocenters. The number of methoxy groups -OCH3 is 1. The number of morpholine rings is 1. The van der Waals surface area contributed by atoms with Gasteiger partial charge in [-0.3, -0.25) is 4.90 Å². The Morgan fingerprint density at radius 3 is 2.60 bits per heavy atom. The summed E-state index contributed by atoms with van der Waals surface area (Å²) in [5.41, 5.74) is 12.2. The molecule has 0 amide bonds. The number of nitrogens with two attached hydrogens (primary N) is 1. The summed E-state index contributed by atoms with van der Waals surface area (Å²) >= 11 is 0. The molecule has 1 aromatic carbocycles. The van der Waals surface area contributed by atoms with Crippen LogP contribution in [0.1, 0.15) is 49.8 Å². The number of rotatable bonds is 8. The molecule has 0 radical (unpaired) electrons. The van der Waals surface area contributed by atoms with Crippen molar-refractivity contribution >= 4 is 11.5 Å². The summed E-state index contributed by atoms with van der Waals surface area (Å²) in [4.78, 5) is 7.09. The van der Waals surface area contributed by atoms with Crippen molar-refractivity contribution in [2.24, 2.45) is 5.73 Å². The molecule has 0 bridgehead atoms. The Bertz CT molecular complexity index is 1100. The molecule has 3 heterocycles. The third-order valence-corrected chi connectivity index (χ3v) is 7.30. The Hall–Kier alpha value is -2.52. The molecule has 5 rings (SSSR count). The molecular formula is C27H38N6O2. The van der Waals surface area contributed by atoms with E-state index in [1.165, 1.54) is 22.4 Å². The number of ether oxygens (including phenoxy) is 2. The first-order valence-corrected chi connectivity index (χ1v) is 12.9. The average Bonchev–Trinajstić information content (AvgIpc) is 3.24. The van der Waals surface area contributed by atoms with E-state index in [2.05, 4.69) is 57.0 Å². The fourth-order valence-corrected chi connectivity index (χ4v) is 5.34. The van der Waals surface area contributed by atoms with Crippen LogP contribution in [0.5, 0.6) is 0 Å². The van der Waals surface area contributed by atoms with E-state index in [0.29, 0.717) is 24.5 Å². The molecule has 188 valence electrons. The number of nitrogens with one attached hydrogen (secondary N) is 1. The minimum Gasteiger partial charge on any atom is -0.383 e. The van der Waals surface area contributed by atoms with Crippen molar-refractivity contribution in [3.8, 4) is 11.1 Å². The minimum absolute atomic E-state index is 0.127. The summed E-state index contributed by atoms with van der Waals surface area (Å²) in [7, 11) is 1.71. The van der Waals surface area contributed by atoms with Crippen LogP contribution in [0.3, 0.4) is 0 Å². The topological polar surface area (TPSA) is 89.9 Å². The molecule has 2 aliphatic rings. The van der Waals surface area contributed by atoms with Crippen LogP contribution in [-0.2, 0) is 16.0 Å². The number of benzene rings is 1. The van der Waals surface area contributed by atoms with Crippen molar-refractivity contribution in [2.45, 2.75) is 57.2 Å². The van der Waals surface area contributed by atoms with Gasteiger partial charge in [0.25, 0.3) is 0 Å². The molecule has 35 heavy (non-hydrogen) atoms. The lowest BCUT2D eigenvalue weighted by atomic mass is 9.84. The molecule has 1 aliphatic carbocycles. The summed E-state index contributed by atoms with van der Waals surface area (Å²) in [5, 5.41) is 8.29. The third kappa shape index (κ3) is 5.67. The van der Waals surface area contributed by atoms with Crippen molar-refractivity contribution < 1.29 is 9.47 Å². The fraction of sp³-hybridized carbons (Fsp3) is 0.556. The normalized spacial score (nSPS) is 22.4. The molecule has 3 N–H and O–H groups in total. The van der Waals surface area contributed by atoms with E-state index < -0.39 is 0 Å². The number of anilines is 1. The minimum atomic E-state index is 0.127. The van der Waals surface area contributed by atoms with Gasteiger partial charge in [-0.25, -0.2) is 9.50 Å². The first-order chi connectivity index (χ1) is 17.1. The summed E-state index contributed by atoms with van der Waals surface area (Å²) in [6.07, 6.45) is 6.26. The monoisotopic (exact) mass is 478 g/mol. The van der Waals surface area contributed by atoms with Crippen LogP contribution in [-0.4, -0.2) is 71.6 Å².